The summed E-state index contributed by atoms with van der Waals surface area (Å²) < 4.78 is 10.6. The van der Waals surface area contributed by atoms with Crippen molar-refractivity contribution in [1.82, 2.24) is 0 Å². The van der Waals surface area contributed by atoms with Gasteiger partial charge in [-0.1, -0.05) is 91.0 Å². The first-order chi connectivity index (χ1) is 15.4. The van der Waals surface area contributed by atoms with Crippen molar-refractivity contribution in [3.05, 3.63) is 103 Å². The fraction of sp³-hybridized carbons (Fsp3) is 0.143. The van der Waals surface area contributed by atoms with Crippen molar-refractivity contribution in [3.8, 4) is 22.3 Å². The molecule has 1 aliphatic rings. The zero-order chi connectivity index (χ0) is 22.6. The van der Waals surface area contributed by atoms with Crippen molar-refractivity contribution in [2.75, 3.05) is 0 Å². The van der Waals surface area contributed by atoms with Crippen molar-refractivity contribution in [1.29, 1.82) is 0 Å². The summed E-state index contributed by atoms with van der Waals surface area (Å²) >= 11 is 0. The predicted molar refractivity (Wildman–Crippen MR) is 125 cm³/mol. The van der Waals surface area contributed by atoms with E-state index in [0.29, 0.717) is 0 Å². The number of carbonyl (C=O) groups excluding carboxylic acids is 2. The lowest BCUT2D eigenvalue weighted by atomic mass is 9.94. The maximum absolute atomic E-state index is 11.5. The third-order valence-corrected chi connectivity index (χ3v) is 5.30. The quantitative estimate of drug-likeness (QED) is 0.362. The molecule has 0 amide bonds. The third kappa shape index (κ3) is 4.86. The number of carbonyl (C=O) groups is 2. The second kappa shape index (κ2) is 9.06. The Kier molecular flexibility index (Phi) is 6.04. The topological polar surface area (TPSA) is 52.6 Å². The van der Waals surface area contributed by atoms with Crippen LogP contribution >= 0.6 is 0 Å². The van der Waals surface area contributed by atoms with Gasteiger partial charge in [0.05, 0.1) is 0 Å². The van der Waals surface area contributed by atoms with Crippen LogP contribution in [0.5, 0.6) is 0 Å². The zero-order valence-electron chi connectivity index (χ0n) is 18.1. The second-order valence-electron chi connectivity index (χ2n) is 7.72. The Labute approximate surface area is 187 Å². The number of benzene rings is 3. The molecule has 32 heavy (non-hydrogen) atoms. The Morgan fingerprint density at radius 3 is 1.50 bits per heavy atom. The minimum atomic E-state index is -1.37. The third-order valence-electron chi connectivity index (χ3n) is 5.30. The highest BCUT2D eigenvalue weighted by molar-refractivity contribution is 5.79. The number of hydrogen-bond donors (Lipinski definition) is 0. The van der Waals surface area contributed by atoms with Gasteiger partial charge in [0, 0.05) is 26.3 Å². The molecule has 0 aliphatic heterocycles. The van der Waals surface area contributed by atoms with Crippen molar-refractivity contribution < 1.29 is 19.1 Å². The van der Waals surface area contributed by atoms with Gasteiger partial charge in [-0.05, 0) is 33.4 Å². The number of rotatable bonds is 5. The predicted octanol–water partition coefficient (Wildman–Crippen LogP) is 6.19. The van der Waals surface area contributed by atoms with E-state index in [1.807, 2.05) is 30.4 Å². The largest absolute Gasteiger partial charge is 0.418 e. The summed E-state index contributed by atoms with van der Waals surface area (Å²) in [7, 11) is 0. The molecule has 3 aromatic carbocycles. The van der Waals surface area contributed by atoms with E-state index in [1.54, 1.807) is 6.08 Å². The maximum atomic E-state index is 11.5. The normalized spacial score (nSPS) is 14.4. The number of allylic oxidation sites excluding steroid dienone is 2. The van der Waals surface area contributed by atoms with Crippen molar-refractivity contribution in [3.63, 3.8) is 0 Å². The molecule has 0 N–H and O–H groups in total. The van der Waals surface area contributed by atoms with Gasteiger partial charge < -0.3 is 9.47 Å². The van der Waals surface area contributed by atoms with E-state index in [1.165, 1.54) is 25.0 Å². The number of esters is 2. The Morgan fingerprint density at radius 2 is 1.09 bits per heavy atom. The molecular weight excluding hydrogens is 400 g/mol. The molecule has 4 nitrogen and oxygen atoms in total. The maximum Gasteiger partial charge on any atom is 0.306 e. The van der Waals surface area contributed by atoms with E-state index in [9.17, 15) is 9.59 Å². The van der Waals surface area contributed by atoms with Gasteiger partial charge in [-0.25, -0.2) is 0 Å². The van der Waals surface area contributed by atoms with E-state index < -0.39 is 17.7 Å². The van der Waals surface area contributed by atoms with Gasteiger partial charge in [-0.3, -0.25) is 9.59 Å². The van der Waals surface area contributed by atoms with Crippen LogP contribution in [0.15, 0.2) is 97.1 Å². The molecule has 0 spiro atoms. The summed E-state index contributed by atoms with van der Waals surface area (Å²) in [6.45, 7) is 2.59. The van der Waals surface area contributed by atoms with Gasteiger partial charge >= 0.3 is 11.9 Å². The fourth-order valence-electron chi connectivity index (χ4n) is 3.82. The minimum Gasteiger partial charge on any atom is -0.418 e. The fourth-order valence-corrected chi connectivity index (χ4v) is 3.82. The molecule has 0 saturated heterocycles. The monoisotopic (exact) mass is 424 g/mol. The van der Waals surface area contributed by atoms with Crippen LogP contribution in [0.4, 0.5) is 0 Å². The van der Waals surface area contributed by atoms with E-state index in [-0.39, 0.29) is 6.42 Å². The van der Waals surface area contributed by atoms with E-state index in [4.69, 9.17) is 9.47 Å². The van der Waals surface area contributed by atoms with Gasteiger partial charge in [0.25, 0.3) is 5.79 Å². The molecular formula is C28H24O4. The van der Waals surface area contributed by atoms with Crippen LogP contribution in [0.3, 0.4) is 0 Å². The highest BCUT2D eigenvalue weighted by Gasteiger charge is 2.35. The summed E-state index contributed by atoms with van der Waals surface area (Å²) in [6.07, 6.45) is 5.62. The molecule has 0 fully saturated rings. The van der Waals surface area contributed by atoms with Crippen LogP contribution in [-0.4, -0.2) is 17.7 Å². The van der Waals surface area contributed by atoms with Gasteiger partial charge in [0.15, 0.2) is 0 Å². The lowest BCUT2D eigenvalue weighted by Crippen LogP contribution is -2.37. The average Bonchev–Trinajstić information content (AvgIpc) is 2.79. The molecule has 0 saturated carbocycles. The molecule has 0 bridgehead atoms. The van der Waals surface area contributed by atoms with Crippen molar-refractivity contribution in [2.45, 2.75) is 26.1 Å². The zero-order valence-corrected chi connectivity index (χ0v) is 18.1. The first-order valence-electron chi connectivity index (χ1n) is 10.5. The van der Waals surface area contributed by atoms with Gasteiger partial charge in [-0.2, -0.15) is 0 Å². The molecule has 4 heteroatoms. The Hall–Kier alpha value is -3.92. The Morgan fingerprint density at radius 1 is 0.656 bits per heavy atom. The smallest absolute Gasteiger partial charge is 0.306 e. The molecule has 0 radical (unpaired) electrons. The molecule has 0 heterocycles. The second-order valence-corrected chi connectivity index (χ2v) is 7.72. The SMILES string of the molecule is CC(=O)OC1(OC(C)=O)C=CC(c2ccc(-c3ccc(-c4ccccc4)cc3)cc2)=CC1. The minimum absolute atomic E-state index is 0.265. The first kappa shape index (κ1) is 21.3. The van der Waals surface area contributed by atoms with Crippen LogP contribution in [0.1, 0.15) is 25.8 Å². The Bertz CT molecular complexity index is 1150. The van der Waals surface area contributed by atoms with Crippen LogP contribution in [0, 0.1) is 0 Å². The average molecular weight is 424 g/mol. The van der Waals surface area contributed by atoms with Crippen LogP contribution in [-0.2, 0) is 19.1 Å². The molecule has 0 aromatic heterocycles. The highest BCUT2D eigenvalue weighted by atomic mass is 16.7. The van der Waals surface area contributed by atoms with Crippen molar-refractivity contribution >= 4 is 17.5 Å². The molecule has 0 atom stereocenters. The lowest BCUT2D eigenvalue weighted by molar-refractivity contribution is -0.208. The summed E-state index contributed by atoms with van der Waals surface area (Å²) in [4.78, 5) is 22.9. The summed E-state index contributed by atoms with van der Waals surface area (Å²) in [5.74, 6) is -2.38. The van der Waals surface area contributed by atoms with Gasteiger partial charge in [0.2, 0.25) is 0 Å². The molecule has 4 rings (SSSR count). The number of ether oxygens (including phenoxy) is 2. The van der Waals surface area contributed by atoms with Crippen molar-refractivity contribution in [2.24, 2.45) is 0 Å². The van der Waals surface area contributed by atoms with E-state index in [0.717, 1.165) is 22.3 Å². The number of hydrogen-bond acceptors (Lipinski definition) is 4. The van der Waals surface area contributed by atoms with E-state index in [2.05, 4.69) is 60.7 Å². The molecule has 1 aliphatic carbocycles. The van der Waals surface area contributed by atoms with Crippen LogP contribution in [0.25, 0.3) is 27.8 Å². The standard InChI is InChI=1S/C28H24O4/c1-20(29)31-28(32-21(2)30)18-16-27(17-19-28)26-14-12-25(13-15-26)24-10-8-23(9-11-24)22-6-4-3-5-7-22/h3-18H,19H2,1-2H3. The van der Waals surface area contributed by atoms with Crippen LogP contribution in [0.2, 0.25) is 0 Å². The van der Waals surface area contributed by atoms with Gasteiger partial charge in [-0.15, -0.1) is 0 Å². The van der Waals surface area contributed by atoms with E-state index >= 15 is 0 Å². The highest BCUT2D eigenvalue weighted by Crippen LogP contribution is 2.32. The summed E-state index contributed by atoms with van der Waals surface area (Å²) in [6, 6.07) is 27.1. The molecule has 160 valence electrons. The summed E-state index contributed by atoms with van der Waals surface area (Å²) in [5, 5.41) is 0. The first-order valence-corrected chi connectivity index (χ1v) is 10.5. The summed E-state index contributed by atoms with van der Waals surface area (Å²) in [5.41, 5.74) is 6.67. The lowest BCUT2D eigenvalue weighted by Gasteiger charge is -2.30. The molecule has 0 unspecified atom stereocenters. The van der Waals surface area contributed by atoms with Crippen LogP contribution < -0.4 is 0 Å². The Balaban J connectivity index is 1.49. The molecule has 3 aromatic rings. The van der Waals surface area contributed by atoms with Gasteiger partial charge in [0.1, 0.15) is 0 Å².